The highest BCUT2D eigenvalue weighted by molar-refractivity contribution is 6.05. The lowest BCUT2D eigenvalue weighted by molar-refractivity contribution is 0.102. The summed E-state index contributed by atoms with van der Waals surface area (Å²) in [5.41, 5.74) is 2.89. The molecule has 2 aromatic carbocycles. The lowest BCUT2D eigenvalue weighted by atomic mass is 10.1. The van der Waals surface area contributed by atoms with E-state index in [1.807, 2.05) is 43.3 Å². The summed E-state index contributed by atoms with van der Waals surface area (Å²) in [7, 11) is 0. The Hall–Kier alpha value is -3.15. The van der Waals surface area contributed by atoms with Gasteiger partial charge in [0.1, 0.15) is 5.75 Å². The van der Waals surface area contributed by atoms with E-state index in [1.54, 1.807) is 12.1 Å². The van der Waals surface area contributed by atoms with E-state index in [9.17, 15) is 4.79 Å². The molecule has 0 spiro atoms. The average molecular weight is 337 g/mol. The highest BCUT2D eigenvalue weighted by Crippen LogP contribution is 2.26. The van der Waals surface area contributed by atoms with Gasteiger partial charge in [0.15, 0.2) is 5.69 Å². The number of hydrogen-bond donors (Lipinski definition) is 1. The summed E-state index contributed by atoms with van der Waals surface area (Å²) in [5, 5.41) is 10.4. The largest absolute Gasteiger partial charge is 0.494 e. The maximum absolute atomic E-state index is 12.3. The molecule has 1 aromatic heterocycles. The van der Waals surface area contributed by atoms with E-state index in [0.717, 1.165) is 23.3 Å². The molecule has 1 N–H and O–H groups in total. The Bertz CT molecular complexity index is 839. The molecule has 0 aliphatic carbocycles. The number of nitrogens with one attached hydrogen (secondary N) is 1. The van der Waals surface area contributed by atoms with Crippen molar-refractivity contribution in [2.75, 3.05) is 11.9 Å². The molecule has 0 unspecified atom stereocenters. The van der Waals surface area contributed by atoms with Crippen molar-refractivity contribution in [3.63, 3.8) is 0 Å². The van der Waals surface area contributed by atoms with Crippen LogP contribution in [0.1, 0.15) is 29.3 Å². The number of aromatic nitrogens is 2. The Morgan fingerprint density at radius 2 is 1.80 bits per heavy atom. The van der Waals surface area contributed by atoms with Crippen LogP contribution in [-0.2, 0) is 0 Å². The molecule has 0 saturated carbocycles. The zero-order chi connectivity index (χ0) is 17.6. The zero-order valence-corrected chi connectivity index (χ0v) is 14.2. The van der Waals surface area contributed by atoms with Crippen molar-refractivity contribution in [2.45, 2.75) is 20.3 Å². The molecule has 0 bridgehead atoms. The molecule has 6 nitrogen and oxygen atoms in total. The molecule has 0 saturated heterocycles. The molecular weight excluding hydrogens is 318 g/mol. The minimum atomic E-state index is -0.264. The van der Waals surface area contributed by atoms with Gasteiger partial charge in [-0.2, -0.15) is 0 Å². The quantitative estimate of drug-likeness (QED) is 0.733. The van der Waals surface area contributed by atoms with Gasteiger partial charge in [0, 0.05) is 11.1 Å². The van der Waals surface area contributed by atoms with Crippen LogP contribution in [0, 0.1) is 6.92 Å². The molecule has 0 aliphatic heterocycles. The van der Waals surface area contributed by atoms with Crippen LogP contribution in [0.4, 0.5) is 5.82 Å². The molecule has 0 aliphatic rings. The Labute approximate surface area is 145 Å². The summed E-state index contributed by atoms with van der Waals surface area (Å²) in [4.78, 5) is 12.3. The minimum Gasteiger partial charge on any atom is -0.494 e. The molecule has 25 heavy (non-hydrogen) atoms. The summed E-state index contributed by atoms with van der Waals surface area (Å²) in [6.07, 6.45) is 0.949. The molecular formula is C19H19N3O3. The van der Waals surface area contributed by atoms with Gasteiger partial charge in [-0.15, -0.1) is 0 Å². The summed E-state index contributed by atoms with van der Waals surface area (Å²) in [6.45, 7) is 4.69. The highest BCUT2D eigenvalue weighted by atomic mass is 16.6. The SMILES string of the molecule is CCCOc1ccc(-c2nonc2NC(=O)c2ccc(C)cc2)cc1. The van der Waals surface area contributed by atoms with E-state index in [1.165, 1.54) is 0 Å². The van der Waals surface area contributed by atoms with Crippen molar-refractivity contribution in [3.8, 4) is 17.0 Å². The lowest BCUT2D eigenvalue weighted by Crippen LogP contribution is -2.12. The Morgan fingerprint density at radius 1 is 1.08 bits per heavy atom. The van der Waals surface area contributed by atoms with Gasteiger partial charge in [-0.3, -0.25) is 4.79 Å². The predicted octanol–water partition coefficient (Wildman–Crippen LogP) is 4.09. The van der Waals surface area contributed by atoms with E-state index in [-0.39, 0.29) is 11.7 Å². The van der Waals surface area contributed by atoms with Crippen LogP contribution in [0.2, 0.25) is 0 Å². The first-order valence-corrected chi connectivity index (χ1v) is 8.11. The average Bonchev–Trinajstić information content (AvgIpc) is 3.09. The van der Waals surface area contributed by atoms with Crippen LogP contribution in [0.15, 0.2) is 53.2 Å². The highest BCUT2D eigenvalue weighted by Gasteiger charge is 2.16. The van der Waals surface area contributed by atoms with E-state index in [2.05, 4.69) is 22.6 Å². The van der Waals surface area contributed by atoms with Gasteiger partial charge in [-0.25, -0.2) is 4.63 Å². The van der Waals surface area contributed by atoms with Gasteiger partial charge in [0.05, 0.1) is 6.61 Å². The maximum atomic E-state index is 12.3. The van der Waals surface area contributed by atoms with Gasteiger partial charge < -0.3 is 10.1 Å². The second-order valence-electron chi connectivity index (χ2n) is 5.65. The molecule has 0 fully saturated rings. The first-order valence-electron chi connectivity index (χ1n) is 8.11. The fourth-order valence-corrected chi connectivity index (χ4v) is 2.27. The number of ether oxygens (including phenoxy) is 1. The van der Waals surface area contributed by atoms with Gasteiger partial charge in [0.25, 0.3) is 5.91 Å². The van der Waals surface area contributed by atoms with Crippen LogP contribution in [-0.4, -0.2) is 22.8 Å². The first kappa shape index (κ1) is 16.7. The first-order chi connectivity index (χ1) is 12.2. The summed E-state index contributed by atoms with van der Waals surface area (Å²) >= 11 is 0. The monoisotopic (exact) mass is 337 g/mol. The molecule has 0 atom stereocenters. The second kappa shape index (κ2) is 7.61. The maximum Gasteiger partial charge on any atom is 0.256 e. The number of hydrogen-bond acceptors (Lipinski definition) is 5. The van der Waals surface area contributed by atoms with E-state index in [0.29, 0.717) is 17.9 Å². The number of anilines is 1. The van der Waals surface area contributed by atoms with Crippen molar-refractivity contribution in [1.29, 1.82) is 0 Å². The van der Waals surface area contributed by atoms with Crippen LogP contribution >= 0.6 is 0 Å². The van der Waals surface area contributed by atoms with Crippen molar-refractivity contribution >= 4 is 11.7 Å². The number of carbonyl (C=O) groups is 1. The van der Waals surface area contributed by atoms with Crippen LogP contribution < -0.4 is 10.1 Å². The summed E-state index contributed by atoms with van der Waals surface area (Å²) in [6, 6.07) is 14.7. The van der Waals surface area contributed by atoms with Gasteiger partial charge in [-0.05, 0) is 60.1 Å². The number of aryl methyl sites for hydroxylation is 1. The van der Waals surface area contributed by atoms with E-state index in [4.69, 9.17) is 9.37 Å². The van der Waals surface area contributed by atoms with Crippen LogP contribution in [0.5, 0.6) is 5.75 Å². The van der Waals surface area contributed by atoms with E-state index >= 15 is 0 Å². The second-order valence-corrected chi connectivity index (χ2v) is 5.65. The Balaban J connectivity index is 1.76. The number of benzene rings is 2. The third-order valence-corrected chi connectivity index (χ3v) is 3.63. The molecule has 6 heteroatoms. The number of amides is 1. The third kappa shape index (κ3) is 4.03. The fourth-order valence-electron chi connectivity index (χ4n) is 2.27. The summed E-state index contributed by atoms with van der Waals surface area (Å²) < 4.78 is 10.4. The molecule has 3 aromatic rings. The summed E-state index contributed by atoms with van der Waals surface area (Å²) in [5.74, 6) is 0.806. The van der Waals surface area contributed by atoms with Crippen molar-refractivity contribution in [2.24, 2.45) is 0 Å². The molecule has 3 rings (SSSR count). The van der Waals surface area contributed by atoms with Crippen LogP contribution in [0.3, 0.4) is 0 Å². The van der Waals surface area contributed by atoms with Crippen molar-refractivity contribution in [3.05, 3.63) is 59.7 Å². The zero-order valence-electron chi connectivity index (χ0n) is 14.2. The molecule has 0 radical (unpaired) electrons. The van der Waals surface area contributed by atoms with Gasteiger partial charge in [0.2, 0.25) is 5.82 Å². The standard InChI is InChI=1S/C19H19N3O3/c1-3-12-24-16-10-8-14(9-11-16)17-18(22-25-21-17)20-19(23)15-6-4-13(2)5-7-15/h4-11H,3,12H2,1-2H3,(H,20,22,23). The van der Waals surface area contributed by atoms with Crippen LogP contribution in [0.25, 0.3) is 11.3 Å². The Kier molecular flexibility index (Phi) is 5.09. The van der Waals surface area contributed by atoms with Crippen molar-refractivity contribution in [1.82, 2.24) is 10.3 Å². The molecule has 128 valence electrons. The lowest BCUT2D eigenvalue weighted by Gasteiger charge is -2.06. The topological polar surface area (TPSA) is 77.2 Å². The Morgan fingerprint density at radius 3 is 2.48 bits per heavy atom. The van der Waals surface area contributed by atoms with E-state index < -0.39 is 0 Å². The number of rotatable bonds is 6. The number of carbonyl (C=O) groups excluding carboxylic acids is 1. The number of nitrogens with zero attached hydrogens (tertiary/aromatic N) is 2. The predicted molar refractivity (Wildman–Crippen MR) is 94.7 cm³/mol. The van der Waals surface area contributed by atoms with Gasteiger partial charge >= 0.3 is 0 Å². The molecule has 1 amide bonds. The molecule has 1 heterocycles. The smallest absolute Gasteiger partial charge is 0.256 e. The fraction of sp³-hybridized carbons (Fsp3) is 0.211. The third-order valence-electron chi connectivity index (χ3n) is 3.63. The van der Waals surface area contributed by atoms with Crippen molar-refractivity contribution < 1.29 is 14.2 Å². The van der Waals surface area contributed by atoms with Gasteiger partial charge in [-0.1, -0.05) is 24.6 Å². The normalized spacial score (nSPS) is 10.5. The minimum absolute atomic E-state index is 0.264.